The monoisotopic (exact) mass is 610 g/mol. The minimum absolute atomic E-state index is 0.0250. The van der Waals surface area contributed by atoms with Crippen LogP contribution < -0.4 is 14.9 Å². The van der Waals surface area contributed by atoms with Gasteiger partial charge >= 0.3 is 0 Å². The summed E-state index contributed by atoms with van der Waals surface area (Å²) in [5.41, 5.74) is -1.36. The molecule has 0 aliphatic carbocycles. The van der Waals surface area contributed by atoms with Crippen molar-refractivity contribution in [3.05, 3.63) is 40.6 Å². The Balaban J connectivity index is 1.60. The average Bonchev–Trinajstić information content (AvgIpc) is 2.97. The standard InChI is InChI=1S/C27H30O16/c1-8-17(32)20(35)22(37)26(39-8)43-25-19(34)16-13(31)5-10(40-27-23(38)21(36)18(33)15(7-28)42-27)6-14(16)41-24(25)9-2-3-11(29)12(30)4-9/h2-6,8,15,17-18,20-23,26-33,35-38H,7H2,1H3/t8-,15-,17+,18-,20-,21+,22-,23-,26+,27+/m1/s1. The molecule has 3 aromatic rings. The lowest BCUT2D eigenvalue weighted by atomic mass is 9.99. The van der Waals surface area contributed by atoms with Gasteiger partial charge in [0.05, 0.1) is 12.7 Å². The molecule has 0 amide bonds. The van der Waals surface area contributed by atoms with E-state index < -0.39 is 102 Å². The van der Waals surface area contributed by atoms with Crippen LogP contribution in [0, 0.1) is 0 Å². The highest BCUT2D eigenvalue weighted by Crippen LogP contribution is 2.40. The predicted octanol–water partition coefficient (Wildman–Crippen LogP) is -2.04. The van der Waals surface area contributed by atoms with Gasteiger partial charge in [-0.3, -0.25) is 4.79 Å². The average molecular weight is 611 g/mol. The van der Waals surface area contributed by atoms with Gasteiger partial charge in [-0.1, -0.05) is 0 Å². The summed E-state index contributed by atoms with van der Waals surface area (Å²) < 4.78 is 27.8. The van der Waals surface area contributed by atoms with Crippen LogP contribution in [-0.4, -0.2) is 119 Å². The molecule has 0 unspecified atom stereocenters. The van der Waals surface area contributed by atoms with E-state index in [0.29, 0.717) is 0 Å². The Labute approximate surface area is 241 Å². The van der Waals surface area contributed by atoms with Crippen LogP contribution in [0.15, 0.2) is 39.5 Å². The molecule has 10 N–H and O–H groups in total. The van der Waals surface area contributed by atoms with Crippen molar-refractivity contribution in [3.8, 4) is 40.1 Å². The van der Waals surface area contributed by atoms with Crippen molar-refractivity contribution in [3.63, 3.8) is 0 Å². The third-order valence-corrected chi connectivity index (χ3v) is 7.29. The van der Waals surface area contributed by atoms with Crippen molar-refractivity contribution < 1.29 is 74.4 Å². The molecule has 2 aliphatic heterocycles. The van der Waals surface area contributed by atoms with Crippen LogP contribution in [0.4, 0.5) is 0 Å². The fraction of sp³-hybridized carbons (Fsp3) is 0.444. The highest BCUT2D eigenvalue weighted by Gasteiger charge is 2.45. The van der Waals surface area contributed by atoms with Gasteiger partial charge in [0.25, 0.3) is 0 Å². The second-order valence-corrected chi connectivity index (χ2v) is 10.2. The Morgan fingerprint density at radius 2 is 1.40 bits per heavy atom. The van der Waals surface area contributed by atoms with Gasteiger partial charge in [-0.2, -0.15) is 0 Å². The van der Waals surface area contributed by atoms with Gasteiger partial charge in [0.1, 0.15) is 65.2 Å². The Hall–Kier alpha value is -3.71. The zero-order valence-corrected chi connectivity index (χ0v) is 22.3. The molecule has 0 spiro atoms. The second kappa shape index (κ2) is 11.8. The molecule has 43 heavy (non-hydrogen) atoms. The van der Waals surface area contributed by atoms with Gasteiger partial charge in [0.2, 0.25) is 23.8 Å². The number of aliphatic hydroxyl groups excluding tert-OH is 7. The number of aromatic hydroxyl groups is 3. The molecule has 5 rings (SSSR count). The summed E-state index contributed by atoms with van der Waals surface area (Å²) >= 11 is 0. The molecule has 16 heteroatoms. The number of hydrogen-bond acceptors (Lipinski definition) is 16. The number of phenols is 3. The van der Waals surface area contributed by atoms with Crippen LogP contribution in [0.1, 0.15) is 6.92 Å². The topological polar surface area (TPSA) is 269 Å². The van der Waals surface area contributed by atoms with Crippen molar-refractivity contribution in [2.24, 2.45) is 0 Å². The summed E-state index contributed by atoms with van der Waals surface area (Å²) in [5.74, 6) is -3.10. The zero-order chi connectivity index (χ0) is 31.3. The zero-order valence-electron chi connectivity index (χ0n) is 22.3. The van der Waals surface area contributed by atoms with Gasteiger partial charge in [-0.25, -0.2) is 0 Å². The van der Waals surface area contributed by atoms with Gasteiger partial charge in [0.15, 0.2) is 17.3 Å². The van der Waals surface area contributed by atoms with E-state index in [1.807, 2.05) is 0 Å². The molecule has 2 saturated heterocycles. The normalized spacial score (nSPS) is 32.9. The molecule has 0 bridgehead atoms. The van der Waals surface area contributed by atoms with Crippen LogP contribution in [0.25, 0.3) is 22.3 Å². The van der Waals surface area contributed by atoms with E-state index in [4.69, 9.17) is 23.4 Å². The van der Waals surface area contributed by atoms with Gasteiger partial charge in [-0.15, -0.1) is 0 Å². The van der Waals surface area contributed by atoms with Gasteiger partial charge in [0, 0.05) is 17.7 Å². The molecule has 1 aromatic heterocycles. The molecular formula is C27H30O16. The minimum Gasteiger partial charge on any atom is -0.507 e. The SMILES string of the molecule is C[C@H]1O[C@@H](Oc2c(-c3ccc(O)c(O)c3)oc3cc(O[C@H]4O[C@H](CO)[C@@H](O)[C@H](O)[C@H]4O)cc(O)c3c2=O)[C@H](O)[C@H](O)[C@H]1O. The summed E-state index contributed by atoms with van der Waals surface area (Å²) in [4.78, 5) is 13.7. The molecule has 234 valence electrons. The number of ether oxygens (including phenoxy) is 4. The third-order valence-electron chi connectivity index (χ3n) is 7.29. The maximum Gasteiger partial charge on any atom is 0.239 e. The maximum absolute atomic E-state index is 13.7. The minimum atomic E-state index is -1.83. The van der Waals surface area contributed by atoms with E-state index in [-0.39, 0.29) is 22.7 Å². The summed E-state index contributed by atoms with van der Waals surface area (Å²) in [7, 11) is 0. The first-order chi connectivity index (χ1) is 20.3. The van der Waals surface area contributed by atoms with Crippen molar-refractivity contribution in [2.75, 3.05) is 6.61 Å². The second-order valence-electron chi connectivity index (χ2n) is 10.2. The first kappa shape index (κ1) is 30.7. The lowest BCUT2D eigenvalue weighted by molar-refractivity contribution is -0.277. The molecule has 16 nitrogen and oxygen atoms in total. The smallest absolute Gasteiger partial charge is 0.239 e. The van der Waals surface area contributed by atoms with Crippen LogP contribution in [0.2, 0.25) is 0 Å². The summed E-state index contributed by atoms with van der Waals surface area (Å²) in [5, 5.41) is 101. The number of fused-ring (bicyclic) bond motifs is 1. The summed E-state index contributed by atoms with van der Waals surface area (Å²) in [6.07, 6.45) is -15.9. The molecule has 2 aromatic carbocycles. The van der Waals surface area contributed by atoms with Crippen LogP contribution in [-0.2, 0) is 9.47 Å². The Kier molecular flexibility index (Phi) is 8.41. The molecule has 3 heterocycles. The van der Waals surface area contributed by atoms with E-state index in [1.165, 1.54) is 13.0 Å². The Morgan fingerprint density at radius 3 is 2.05 bits per heavy atom. The first-order valence-corrected chi connectivity index (χ1v) is 13.0. The molecule has 10 atom stereocenters. The highest BCUT2D eigenvalue weighted by molar-refractivity contribution is 5.88. The van der Waals surface area contributed by atoms with Crippen molar-refractivity contribution in [1.82, 2.24) is 0 Å². The van der Waals surface area contributed by atoms with E-state index in [0.717, 1.165) is 24.3 Å². The highest BCUT2D eigenvalue weighted by atomic mass is 16.7. The Morgan fingerprint density at radius 1 is 0.744 bits per heavy atom. The third kappa shape index (κ3) is 5.55. The first-order valence-electron chi connectivity index (χ1n) is 13.0. The van der Waals surface area contributed by atoms with E-state index >= 15 is 0 Å². The number of phenolic OH excluding ortho intramolecular Hbond substituents is 3. The molecule has 0 radical (unpaired) electrons. The summed E-state index contributed by atoms with van der Waals surface area (Å²) in [6, 6.07) is 5.42. The van der Waals surface area contributed by atoms with Crippen LogP contribution in [0.3, 0.4) is 0 Å². The molecule has 2 aliphatic rings. The van der Waals surface area contributed by atoms with Crippen molar-refractivity contribution in [1.29, 1.82) is 0 Å². The quantitative estimate of drug-likeness (QED) is 0.135. The lowest BCUT2D eigenvalue weighted by Gasteiger charge is -2.39. The fourth-order valence-corrected chi connectivity index (χ4v) is 4.81. The maximum atomic E-state index is 13.7. The number of aliphatic hydroxyl groups is 7. The van der Waals surface area contributed by atoms with Crippen molar-refractivity contribution in [2.45, 2.75) is 68.3 Å². The van der Waals surface area contributed by atoms with Crippen LogP contribution in [0.5, 0.6) is 28.7 Å². The van der Waals surface area contributed by atoms with E-state index in [9.17, 15) is 55.9 Å². The molecular weight excluding hydrogens is 580 g/mol. The lowest BCUT2D eigenvalue weighted by Crippen LogP contribution is -2.60. The number of benzene rings is 2. The molecule has 2 fully saturated rings. The van der Waals surface area contributed by atoms with Crippen LogP contribution >= 0.6 is 0 Å². The number of rotatable bonds is 6. The number of hydrogen-bond donors (Lipinski definition) is 10. The van der Waals surface area contributed by atoms with Gasteiger partial charge in [-0.05, 0) is 25.1 Å². The van der Waals surface area contributed by atoms with E-state index in [1.54, 1.807) is 0 Å². The Bertz CT molecular complexity index is 1540. The molecule has 0 saturated carbocycles. The van der Waals surface area contributed by atoms with Crippen molar-refractivity contribution >= 4 is 11.0 Å². The fourth-order valence-electron chi connectivity index (χ4n) is 4.81. The predicted molar refractivity (Wildman–Crippen MR) is 140 cm³/mol. The van der Waals surface area contributed by atoms with E-state index in [2.05, 4.69) is 0 Å². The van der Waals surface area contributed by atoms with Gasteiger partial charge < -0.3 is 74.4 Å². The largest absolute Gasteiger partial charge is 0.507 e. The summed E-state index contributed by atoms with van der Waals surface area (Å²) in [6.45, 7) is 0.670.